The van der Waals surface area contributed by atoms with Gasteiger partial charge >= 0.3 is 0 Å². The van der Waals surface area contributed by atoms with Crippen LogP contribution in [0.15, 0.2) is 10.9 Å². The Bertz CT molecular complexity index is 676. The molecule has 3 rings (SSSR count). The second kappa shape index (κ2) is 7.70. The first kappa shape index (κ1) is 18.1. The average molecular weight is 346 g/mol. The molecule has 25 heavy (non-hydrogen) atoms. The molecule has 0 bridgehead atoms. The number of hydrogen-bond acceptors (Lipinski definition) is 4. The van der Waals surface area contributed by atoms with E-state index in [0.29, 0.717) is 18.7 Å². The lowest BCUT2D eigenvalue weighted by molar-refractivity contribution is 0.0586. The molecule has 0 aromatic carbocycles. The van der Waals surface area contributed by atoms with Gasteiger partial charge in [-0.25, -0.2) is 0 Å². The van der Waals surface area contributed by atoms with Crippen molar-refractivity contribution in [1.29, 1.82) is 0 Å². The summed E-state index contributed by atoms with van der Waals surface area (Å²) in [5.74, 6) is 0.610. The predicted octanol–water partition coefficient (Wildman–Crippen LogP) is 1.09. The maximum atomic E-state index is 12.8. The number of rotatable bonds is 3. The molecule has 1 N–H and O–H groups in total. The number of likely N-dealkylation sites (tertiary alicyclic amines) is 1. The SMILES string of the molecule is Cc1cc(C)c(C(=O)N2CCN(CC3CCCN(C)C3)CC2)c(=O)[nH]1. The number of hydrogen-bond donors (Lipinski definition) is 1. The fourth-order valence-corrected chi connectivity index (χ4v) is 4.20. The van der Waals surface area contributed by atoms with Crippen LogP contribution in [0.5, 0.6) is 0 Å². The zero-order valence-electron chi connectivity index (χ0n) is 15.7. The number of aromatic nitrogens is 1. The maximum absolute atomic E-state index is 12.8. The lowest BCUT2D eigenvalue weighted by Crippen LogP contribution is -2.51. The first-order valence-electron chi connectivity index (χ1n) is 9.34. The number of carbonyl (C=O) groups is 1. The van der Waals surface area contributed by atoms with Crippen LogP contribution in [0, 0.1) is 19.8 Å². The number of carbonyl (C=O) groups excluding carboxylic acids is 1. The maximum Gasteiger partial charge on any atom is 0.261 e. The molecule has 1 amide bonds. The Hall–Kier alpha value is -1.66. The van der Waals surface area contributed by atoms with Crippen LogP contribution in [0.25, 0.3) is 0 Å². The minimum atomic E-state index is -0.268. The Morgan fingerprint density at radius 3 is 2.56 bits per heavy atom. The molecule has 3 heterocycles. The number of H-pyrrole nitrogens is 1. The van der Waals surface area contributed by atoms with Crippen LogP contribution in [0.4, 0.5) is 0 Å². The predicted molar refractivity (Wildman–Crippen MR) is 99.1 cm³/mol. The molecule has 2 aliphatic rings. The number of amides is 1. The summed E-state index contributed by atoms with van der Waals surface area (Å²) < 4.78 is 0. The van der Waals surface area contributed by atoms with Crippen LogP contribution in [0.1, 0.15) is 34.5 Å². The van der Waals surface area contributed by atoms with Gasteiger partial charge in [-0.15, -0.1) is 0 Å². The first-order valence-corrected chi connectivity index (χ1v) is 9.34. The summed E-state index contributed by atoms with van der Waals surface area (Å²) in [6.07, 6.45) is 2.59. The van der Waals surface area contributed by atoms with Crippen LogP contribution in [0.2, 0.25) is 0 Å². The molecule has 0 aliphatic carbocycles. The van der Waals surface area contributed by atoms with Crippen molar-refractivity contribution in [2.45, 2.75) is 26.7 Å². The van der Waals surface area contributed by atoms with Gasteiger partial charge in [0.05, 0.1) is 0 Å². The molecular weight excluding hydrogens is 316 g/mol. The van der Waals surface area contributed by atoms with Gasteiger partial charge in [-0.05, 0) is 57.8 Å². The Morgan fingerprint density at radius 2 is 1.92 bits per heavy atom. The second-order valence-electron chi connectivity index (χ2n) is 7.70. The van der Waals surface area contributed by atoms with Gasteiger partial charge in [0.2, 0.25) is 0 Å². The van der Waals surface area contributed by atoms with Crippen molar-refractivity contribution in [3.05, 3.63) is 33.2 Å². The normalized spacial score (nSPS) is 23.0. The largest absolute Gasteiger partial charge is 0.336 e. The third-order valence-corrected chi connectivity index (χ3v) is 5.48. The van der Waals surface area contributed by atoms with E-state index in [-0.39, 0.29) is 11.5 Å². The van der Waals surface area contributed by atoms with E-state index >= 15 is 0 Å². The van der Waals surface area contributed by atoms with E-state index in [4.69, 9.17) is 0 Å². The van der Waals surface area contributed by atoms with E-state index < -0.39 is 0 Å². The average Bonchev–Trinajstić information content (AvgIpc) is 2.54. The quantitative estimate of drug-likeness (QED) is 0.890. The number of aryl methyl sites for hydroxylation is 2. The van der Waals surface area contributed by atoms with Crippen LogP contribution in [-0.4, -0.2) is 78.5 Å². The van der Waals surface area contributed by atoms with Gasteiger partial charge in [0, 0.05) is 45.0 Å². The van der Waals surface area contributed by atoms with Gasteiger partial charge in [0.15, 0.2) is 0 Å². The van der Waals surface area contributed by atoms with E-state index in [0.717, 1.165) is 36.8 Å². The van der Waals surface area contributed by atoms with Crippen molar-refractivity contribution in [3.8, 4) is 0 Å². The molecule has 0 radical (unpaired) electrons. The van der Waals surface area contributed by atoms with E-state index in [1.165, 1.54) is 25.9 Å². The highest BCUT2D eigenvalue weighted by Crippen LogP contribution is 2.18. The molecular formula is C19H30N4O2. The standard InChI is InChI=1S/C19H30N4O2/c1-14-11-15(2)20-18(24)17(14)19(25)23-9-7-22(8-10-23)13-16-5-4-6-21(3)12-16/h11,16H,4-10,12-13H2,1-3H3,(H,20,24). The minimum absolute atomic E-state index is 0.129. The van der Waals surface area contributed by atoms with Gasteiger partial charge in [-0.1, -0.05) is 0 Å². The fraction of sp³-hybridized carbons (Fsp3) is 0.684. The first-order chi connectivity index (χ1) is 11.9. The highest BCUT2D eigenvalue weighted by atomic mass is 16.2. The fourth-order valence-electron chi connectivity index (χ4n) is 4.20. The summed E-state index contributed by atoms with van der Waals surface area (Å²) in [4.78, 5) is 34.4. The van der Waals surface area contributed by atoms with Gasteiger partial charge in [-0.2, -0.15) is 0 Å². The molecule has 2 saturated heterocycles. The number of pyridine rings is 1. The molecule has 1 aromatic rings. The summed E-state index contributed by atoms with van der Waals surface area (Å²) in [7, 11) is 2.20. The summed E-state index contributed by atoms with van der Waals surface area (Å²) in [5, 5.41) is 0. The van der Waals surface area contributed by atoms with E-state index in [1.807, 2.05) is 24.8 Å². The smallest absolute Gasteiger partial charge is 0.261 e. The number of piperidine rings is 1. The summed E-state index contributed by atoms with van der Waals surface area (Å²) in [6, 6.07) is 1.87. The molecule has 0 saturated carbocycles. The number of nitrogens with one attached hydrogen (secondary N) is 1. The molecule has 6 nitrogen and oxygen atoms in total. The van der Waals surface area contributed by atoms with Crippen molar-refractivity contribution < 1.29 is 4.79 Å². The Balaban J connectivity index is 1.57. The number of piperazine rings is 1. The lowest BCUT2D eigenvalue weighted by Gasteiger charge is -2.38. The monoisotopic (exact) mass is 346 g/mol. The molecule has 1 aromatic heterocycles. The molecule has 138 valence electrons. The molecule has 1 unspecified atom stereocenters. The zero-order chi connectivity index (χ0) is 18.0. The Morgan fingerprint density at radius 1 is 1.20 bits per heavy atom. The third-order valence-electron chi connectivity index (χ3n) is 5.48. The number of aromatic amines is 1. The zero-order valence-corrected chi connectivity index (χ0v) is 15.7. The Kier molecular flexibility index (Phi) is 5.59. The molecule has 0 spiro atoms. The van der Waals surface area contributed by atoms with Crippen molar-refractivity contribution in [2.24, 2.45) is 5.92 Å². The Labute approximate surface area is 149 Å². The van der Waals surface area contributed by atoms with E-state index in [2.05, 4.69) is 21.8 Å². The second-order valence-corrected chi connectivity index (χ2v) is 7.70. The molecule has 2 fully saturated rings. The third kappa shape index (κ3) is 4.30. The summed E-state index contributed by atoms with van der Waals surface area (Å²) >= 11 is 0. The summed E-state index contributed by atoms with van der Waals surface area (Å²) in [6.45, 7) is 10.4. The van der Waals surface area contributed by atoms with Crippen LogP contribution < -0.4 is 5.56 Å². The molecule has 2 aliphatic heterocycles. The van der Waals surface area contributed by atoms with Crippen molar-refractivity contribution in [1.82, 2.24) is 19.7 Å². The highest BCUT2D eigenvalue weighted by molar-refractivity contribution is 5.95. The topological polar surface area (TPSA) is 59.7 Å². The van der Waals surface area contributed by atoms with Crippen molar-refractivity contribution >= 4 is 5.91 Å². The van der Waals surface area contributed by atoms with E-state index in [1.54, 1.807) is 0 Å². The summed E-state index contributed by atoms with van der Waals surface area (Å²) in [5.41, 5.74) is 1.59. The lowest BCUT2D eigenvalue weighted by atomic mass is 9.97. The van der Waals surface area contributed by atoms with Gasteiger partial charge in [-0.3, -0.25) is 14.5 Å². The van der Waals surface area contributed by atoms with Gasteiger partial charge in [0.1, 0.15) is 5.56 Å². The van der Waals surface area contributed by atoms with Gasteiger partial charge < -0.3 is 14.8 Å². The van der Waals surface area contributed by atoms with Crippen molar-refractivity contribution in [3.63, 3.8) is 0 Å². The minimum Gasteiger partial charge on any atom is -0.336 e. The molecule has 1 atom stereocenters. The van der Waals surface area contributed by atoms with Crippen LogP contribution >= 0.6 is 0 Å². The van der Waals surface area contributed by atoms with Crippen molar-refractivity contribution in [2.75, 3.05) is 52.9 Å². The van der Waals surface area contributed by atoms with Crippen LogP contribution in [-0.2, 0) is 0 Å². The highest BCUT2D eigenvalue weighted by Gasteiger charge is 2.27. The van der Waals surface area contributed by atoms with E-state index in [9.17, 15) is 9.59 Å². The van der Waals surface area contributed by atoms with Gasteiger partial charge in [0.25, 0.3) is 11.5 Å². The van der Waals surface area contributed by atoms with Crippen LogP contribution in [0.3, 0.4) is 0 Å². The molecule has 6 heteroatoms. The number of nitrogens with zero attached hydrogens (tertiary/aromatic N) is 3.